The van der Waals surface area contributed by atoms with Gasteiger partial charge in [-0.15, -0.1) is 0 Å². The summed E-state index contributed by atoms with van der Waals surface area (Å²) in [6, 6.07) is 0. The molecule has 0 saturated carbocycles. The van der Waals surface area contributed by atoms with Crippen molar-refractivity contribution >= 4 is 11.6 Å². The summed E-state index contributed by atoms with van der Waals surface area (Å²) in [7, 11) is 1.58. The minimum atomic E-state index is -0.447. The Hall–Kier alpha value is -1.40. The normalized spacial score (nSPS) is 12.2. The second-order valence-corrected chi connectivity index (χ2v) is 4.26. The number of nitrogens with zero attached hydrogens (tertiary/aromatic N) is 2. The van der Waals surface area contributed by atoms with E-state index in [0.29, 0.717) is 19.6 Å². The summed E-state index contributed by atoms with van der Waals surface area (Å²) in [6.45, 7) is 5.95. The Kier molecular flexibility index (Phi) is 7.14. The van der Waals surface area contributed by atoms with Gasteiger partial charge in [-0.3, -0.25) is 0 Å². The molecular formula is C13H24N4O2. The third-order valence-electron chi connectivity index (χ3n) is 2.77. The molecule has 0 fully saturated rings. The number of hydrogen-bond donors (Lipinski definition) is 3. The van der Waals surface area contributed by atoms with Crippen LogP contribution in [-0.4, -0.2) is 48.0 Å². The van der Waals surface area contributed by atoms with E-state index in [-0.39, 0.29) is 0 Å². The van der Waals surface area contributed by atoms with E-state index in [0.717, 1.165) is 30.2 Å². The van der Waals surface area contributed by atoms with Crippen molar-refractivity contribution in [3.05, 3.63) is 11.9 Å². The van der Waals surface area contributed by atoms with Gasteiger partial charge in [-0.1, -0.05) is 6.92 Å². The summed E-state index contributed by atoms with van der Waals surface area (Å²) in [5.74, 6) is 1.71. The maximum Gasteiger partial charge on any atom is 0.134 e. The monoisotopic (exact) mass is 268 g/mol. The Morgan fingerprint density at radius 3 is 2.53 bits per heavy atom. The molecule has 6 nitrogen and oxygen atoms in total. The van der Waals surface area contributed by atoms with Crippen molar-refractivity contribution in [2.45, 2.75) is 32.8 Å². The van der Waals surface area contributed by atoms with Gasteiger partial charge in [0.1, 0.15) is 18.0 Å². The van der Waals surface area contributed by atoms with Crippen LogP contribution >= 0.6 is 0 Å². The second kappa shape index (κ2) is 8.66. The van der Waals surface area contributed by atoms with Crippen LogP contribution in [-0.2, 0) is 11.2 Å². The molecule has 1 aromatic rings. The number of ether oxygens (including phenoxy) is 1. The summed E-state index contributed by atoms with van der Waals surface area (Å²) < 4.78 is 4.89. The summed E-state index contributed by atoms with van der Waals surface area (Å²) in [5.41, 5.74) is 1.07. The Labute approximate surface area is 114 Å². The number of anilines is 2. The van der Waals surface area contributed by atoms with Crippen molar-refractivity contribution in [2.75, 3.05) is 37.4 Å². The van der Waals surface area contributed by atoms with Crippen LogP contribution in [0.2, 0.25) is 0 Å². The predicted molar refractivity (Wildman–Crippen MR) is 76.6 cm³/mol. The van der Waals surface area contributed by atoms with Gasteiger partial charge >= 0.3 is 0 Å². The molecule has 0 amide bonds. The van der Waals surface area contributed by atoms with Gasteiger partial charge in [0.05, 0.1) is 12.7 Å². The zero-order valence-electron chi connectivity index (χ0n) is 11.9. The molecule has 0 aromatic carbocycles. The third-order valence-corrected chi connectivity index (χ3v) is 2.77. The minimum absolute atomic E-state index is 0.356. The van der Waals surface area contributed by atoms with E-state index >= 15 is 0 Å². The lowest BCUT2D eigenvalue weighted by Crippen LogP contribution is -2.19. The van der Waals surface area contributed by atoms with Gasteiger partial charge in [0, 0.05) is 25.8 Å². The second-order valence-electron chi connectivity index (χ2n) is 4.26. The van der Waals surface area contributed by atoms with E-state index in [1.165, 1.54) is 0 Å². The largest absolute Gasteiger partial charge is 0.391 e. The number of aliphatic hydroxyl groups is 1. The average Bonchev–Trinajstić information content (AvgIpc) is 2.40. The quantitative estimate of drug-likeness (QED) is 0.626. The summed E-state index contributed by atoms with van der Waals surface area (Å²) >= 11 is 0. The molecular weight excluding hydrogens is 244 g/mol. The molecule has 0 aliphatic carbocycles. The molecule has 1 rings (SSSR count). The maximum absolute atomic E-state index is 9.58. The van der Waals surface area contributed by atoms with Gasteiger partial charge in [-0.25, -0.2) is 9.97 Å². The van der Waals surface area contributed by atoms with Crippen molar-refractivity contribution < 1.29 is 9.84 Å². The fraction of sp³-hybridized carbons (Fsp3) is 0.692. The highest BCUT2D eigenvalue weighted by Gasteiger charge is 2.09. The van der Waals surface area contributed by atoms with Crippen molar-refractivity contribution in [2.24, 2.45) is 0 Å². The molecule has 1 unspecified atom stereocenters. The van der Waals surface area contributed by atoms with Gasteiger partial charge in [-0.2, -0.15) is 0 Å². The maximum atomic E-state index is 9.58. The summed E-state index contributed by atoms with van der Waals surface area (Å²) in [6.07, 6.45) is 2.58. The average molecular weight is 268 g/mol. The number of aromatic nitrogens is 2. The number of methoxy groups -OCH3 is 1. The van der Waals surface area contributed by atoms with Crippen molar-refractivity contribution in [3.63, 3.8) is 0 Å². The highest BCUT2D eigenvalue weighted by Crippen LogP contribution is 2.20. The van der Waals surface area contributed by atoms with E-state index < -0.39 is 6.10 Å². The molecule has 0 aliphatic rings. The predicted octanol–water partition coefficient (Wildman–Crippen LogP) is 1.28. The number of nitrogens with one attached hydrogen (secondary N) is 2. The topological polar surface area (TPSA) is 79.3 Å². The van der Waals surface area contributed by atoms with Crippen LogP contribution in [0.25, 0.3) is 0 Å². The Balaban J connectivity index is 2.59. The van der Waals surface area contributed by atoms with Gasteiger partial charge in [-0.05, 0) is 19.8 Å². The van der Waals surface area contributed by atoms with Crippen LogP contribution in [0, 0.1) is 0 Å². The molecule has 0 aliphatic heterocycles. The Bertz CT molecular complexity index is 374. The first-order valence-corrected chi connectivity index (χ1v) is 6.71. The molecule has 0 bridgehead atoms. The van der Waals surface area contributed by atoms with E-state index in [1.807, 2.05) is 6.92 Å². The van der Waals surface area contributed by atoms with Crippen LogP contribution in [0.15, 0.2) is 6.33 Å². The SMILES string of the molecule is CCNc1ncnc(NCCC(O)COC)c1CC. The van der Waals surface area contributed by atoms with Crippen LogP contribution in [0.5, 0.6) is 0 Å². The zero-order valence-corrected chi connectivity index (χ0v) is 11.9. The Morgan fingerprint density at radius 1 is 1.26 bits per heavy atom. The van der Waals surface area contributed by atoms with Gasteiger partial charge < -0.3 is 20.5 Å². The molecule has 108 valence electrons. The van der Waals surface area contributed by atoms with Crippen LogP contribution in [0.3, 0.4) is 0 Å². The van der Waals surface area contributed by atoms with Crippen molar-refractivity contribution in [1.29, 1.82) is 0 Å². The molecule has 1 heterocycles. The smallest absolute Gasteiger partial charge is 0.134 e. The third kappa shape index (κ3) is 5.00. The fourth-order valence-electron chi connectivity index (χ4n) is 1.85. The lowest BCUT2D eigenvalue weighted by atomic mass is 10.2. The Morgan fingerprint density at radius 2 is 1.95 bits per heavy atom. The molecule has 0 radical (unpaired) electrons. The van der Waals surface area contributed by atoms with E-state index in [2.05, 4.69) is 27.5 Å². The minimum Gasteiger partial charge on any atom is -0.391 e. The first-order chi connectivity index (χ1) is 9.22. The molecule has 1 aromatic heterocycles. The van der Waals surface area contributed by atoms with Crippen LogP contribution in [0.4, 0.5) is 11.6 Å². The van der Waals surface area contributed by atoms with Crippen LogP contribution < -0.4 is 10.6 Å². The molecule has 19 heavy (non-hydrogen) atoms. The first-order valence-electron chi connectivity index (χ1n) is 6.71. The molecule has 1 atom stereocenters. The number of aliphatic hydroxyl groups excluding tert-OH is 1. The van der Waals surface area contributed by atoms with E-state index in [9.17, 15) is 5.11 Å². The standard InChI is InChI=1S/C13H24N4O2/c1-4-11-12(14-5-2)16-9-17-13(11)15-7-6-10(18)8-19-3/h9-10,18H,4-8H2,1-3H3,(H2,14,15,16,17). The van der Waals surface area contributed by atoms with E-state index in [1.54, 1.807) is 13.4 Å². The molecule has 0 saturated heterocycles. The molecule has 3 N–H and O–H groups in total. The first kappa shape index (κ1) is 15.7. The van der Waals surface area contributed by atoms with E-state index in [4.69, 9.17) is 4.74 Å². The lowest BCUT2D eigenvalue weighted by Gasteiger charge is -2.15. The number of hydrogen-bond acceptors (Lipinski definition) is 6. The van der Waals surface area contributed by atoms with Gasteiger partial charge in [0.15, 0.2) is 0 Å². The molecule has 6 heteroatoms. The lowest BCUT2D eigenvalue weighted by molar-refractivity contribution is 0.0615. The van der Waals surface area contributed by atoms with Gasteiger partial charge in [0.25, 0.3) is 0 Å². The number of rotatable bonds is 9. The summed E-state index contributed by atoms with van der Waals surface area (Å²) in [4.78, 5) is 8.50. The zero-order chi connectivity index (χ0) is 14.1. The van der Waals surface area contributed by atoms with Crippen LogP contribution in [0.1, 0.15) is 25.8 Å². The molecule has 0 spiro atoms. The van der Waals surface area contributed by atoms with Crippen molar-refractivity contribution in [1.82, 2.24) is 9.97 Å². The van der Waals surface area contributed by atoms with Gasteiger partial charge in [0.2, 0.25) is 0 Å². The summed E-state index contributed by atoms with van der Waals surface area (Å²) in [5, 5.41) is 16.1. The fourth-order valence-corrected chi connectivity index (χ4v) is 1.85. The van der Waals surface area contributed by atoms with Crippen molar-refractivity contribution in [3.8, 4) is 0 Å². The highest BCUT2D eigenvalue weighted by molar-refractivity contribution is 5.57. The highest BCUT2D eigenvalue weighted by atomic mass is 16.5.